The van der Waals surface area contributed by atoms with E-state index >= 15 is 0 Å². The van der Waals surface area contributed by atoms with Crippen molar-refractivity contribution in [1.29, 1.82) is 0 Å². The maximum Gasteiger partial charge on any atom is 0.269 e. The summed E-state index contributed by atoms with van der Waals surface area (Å²) in [5.41, 5.74) is 1.26. The quantitative estimate of drug-likeness (QED) is 0.610. The Morgan fingerprint density at radius 1 is 1.40 bits per heavy atom. The molecule has 0 aliphatic rings. The second-order valence-electron chi connectivity index (χ2n) is 5.78. The summed E-state index contributed by atoms with van der Waals surface area (Å²) >= 11 is 0. The number of pyridine rings is 1. The number of nitrogens with zero attached hydrogens (tertiary/aromatic N) is 2. The van der Waals surface area contributed by atoms with Gasteiger partial charge in [0.25, 0.3) is 5.91 Å². The van der Waals surface area contributed by atoms with E-state index in [1.165, 1.54) is 12.5 Å². The van der Waals surface area contributed by atoms with Crippen molar-refractivity contribution >= 4 is 16.8 Å². The van der Waals surface area contributed by atoms with E-state index in [1.54, 1.807) is 13.1 Å². The Bertz CT molecular complexity index is 833. The number of aliphatic hydroxyl groups is 1. The SMILES string of the molecule is C[C@H](O)[C@@H](CCOc1ccc2ncccc2c1)NC(=O)c1cnc[nH]1. The number of aromatic amines is 1. The van der Waals surface area contributed by atoms with Crippen molar-refractivity contribution in [2.24, 2.45) is 0 Å². The number of ether oxygens (including phenoxy) is 1. The molecule has 0 saturated carbocycles. The van der Waals surface area contributed by atoms with Crippen LogP contribution in [0.1, 0.15) is 23.8 Å². The number of aliphatic hydroxyl groups excluding tert-OH is 1. The first kappa shape index (κ1) is 16.9. The number of carbonyl (C=O) groups excluding carboxylic acids is 1. The largest absolute Gasteiger partial charge is 0.493 e. The van der Waals surface area contributed by atoms with Gasteiger partial charge in [-0.2, -0.15) is 0 Å². The molecule has 0 fully saturated rings. The van der Waals surface area contributed by atoms with Crippen LogP contribution in [0.2, 0.25) is 0 Å². The van der Waals surface area contributed by atoms with Crippen molar-refractivity contribution in [3.8, 4) is 5.75 Å². The fraction of sp³-hybridized carbons (Fsp3) is 0.278. The lowest BCUT2D eigenvalue weighted by atomic mass is 10.1. The molecule has 2 aromatic heterocycles. The van der Waals surface area contributed by atoms with Crippen LogP contribution in [0.5, 0.6) is 5.75 Å². The van der Waals surface area contributed by atoms with E-state index in [0.29, 0.717) is 18.7 Å². The summed E-state index contributed by atoms with van der Waals surface area (Å²) in [6.45, 7) is 2.00. The van der Waals surface area contributed by atoms with Gasteiger partial charge in [-0.25, -0.2) is 4.98 Å². The predicted molar refractivity (Wildman–Crippen MR) is 93.4 cm³/mol. The molecule has 2 atom stereocenters. The number of amides is 1. The molecule has 0 aliphatic carbocycles. The Hall–Kier alpha value is -2.93. The van der Waals surface area contributed by atoms with Gasteiger partial charge >= 0.3 is 0 Å². The van der Waals surface area contributed by atoms with Crippen LogP contribution in [0.15, 0.2) is 49.1 Å². The van der Waals surface area contributed by atoms with Crippen molar-refractivity contribution in [1.82, 2.24) is 20.3 Å². The smallest absolute Gasteiger partial charge is 0.269 e. The van der Waals surface area contributed by atoms with Gasteiger partial charge in [-0.3, -0.25) is 9.78 Å². The van der Waals surface area contributed by atoms with Crippen LogP contribution >= 0.6 is 0 Å². The van der Waals surface area contributed by atoms with Crippen LogP contribution in [0.4, 0.5) is 0 Å². The Morgan fingerprint density at radius 2 is 2.28 bits per heavy atom. The van der Waals surface area contributed by atoms with Crippen LogP contribution in [0, 0.1) is 0 Å². The van der Waals surface area contributed by atoms with E-state index in [-0.39, 0.29) is 5.91 Å². The van der Waals surface area contributed by atoms with Gasteiger partial charge in [0.15, 0.2) is 0 Å². The van der Waals surface area contributed by atoms with E-state index < -0.39 is 12.1 Å². The molecule has 130 valence electrons. The molecule has 7 nitrogen and oxygen atoms in total. The first-order valence-electron chi connectivity index (χ1n) is 8.08. The van der Waals surface area contributed by atoms with E-state index in [4.69, 9.17) is 4.74 Å². The highest BCUT2D eigenvalue weighted by molar-refractivity contribution is 5.92. The number of hydrogen-bond acceptors (Lipinski definition) is 5. The number of aromatic nitrogens is 3. The van der Waals surface area contributed by atoms with E-state index in [1.807, 2.05) is 30.3 Å². The predicted octanol–water partition coefficient (Wildman–Crippen LogP) is 1.91. The number of imidazole rings is 1. The summed E-state index contributed by atoms with van der Waals surface area (Å²) in [5.74, 6) is 0.421. The van der Waals surface area contributed by atoms with Gasteiger partial charge in [-0.15, -0.1) is 0 Å². The molecule has 0 spiro atoms. The standard InChI is InChI=1S/C18H20N4O3/c1-12(23)15(22-18(24)17-10-19-11-21-17)6-8-25-14-4-5-16-13(9-14)3-2-7-20-16/h2-5,7,9-12,15,23H,6,8H2,1H3,(H,19,21)(H,22,24)/t12-,15+/m0/s1. The van der Waals surface area contributed by atoms with Gasteiger partial charge in [0, 0.05) is 18.0 Å². The highest BCUT2D eigenvalue weighted by Crippen LogP contribution is 2.19. The number of fused-ring (bicyclic) bond motifs is 1. The third kappa shape index (κ3) is 4.33. The molecule has 1 amide bonds. The molecule has 0 bridgehead atoms. The highest BCUT2D eigenvalue weighted by atomic mass is 16.5. The third-order valence-corrected chi connectivity index (χ3v) is 3.91. The van der Waals surface area contributed by atoms with Gasteiger partial charge < -0.3 is 20.1 Å². The van der Waals surface area contributed by atoms with Gasteiger partial charge in [-0.05, 0) is 31.2 Å². The number of nitrogens with one attached hydrogen (secondary N) is 2. The first-order valence-corrected chi connectivity index (χ1v) is 8.08. The maximum atomic E-state index is 12.1. The Labute approximate surface area is 145 Å². The van der Waals surface area contributed by atoms with Crippen LogP contribution in [0.25, 0.3) is 10.9 Å². The fourth-order valence-electron chi connectivity index (χ4n) is 2.51. The minimum atomic E-state index is -0.698. The van der Waals surface area contributed by atoms with Gasteiger partial charge in [0.05, 0.1) is 36.8 Å². The van der Waals surface area contributed by atoms with Crippen molar-refractivity contribution in [3.05, 3.63) is 54.7 Å². The molecule has 1 aromatic carbocycles. The lowest BCUT2D eigenvalue weighted by Gasteiger charge is -2.21. The van der Waals surface area contributed by atoms with Crippen molar-refractivity contribution in [2.45, 2.75) is 25.5 Å². The molecule has 25 heavy (non-hydrogen) atoms. The van der Waals surface area contributed by atoms with Crippen molar-refractivity contribution in [3.63, 3.8) is 0 Å². The summed E-state index contributed by atoms with van der Waals surface area (Å²) in [5, 5.41) is 13.7. The topological polar surface area (TPSA) is 100 Å². The Kier molecular flexibility index (Phi) is 5.25. The summed E-state index contributed by atoms with van der Waals surface area (Å²) in [4.78, 5) is 22.9. The molecule has 2 heterocycles. The zero-order valence-electron chi connectivity index (χ0n) is 13.8. The van der Waals surface area contributed by atoms with Crippen molar-refractivity contribution < 1.29 is 14.6 Å². The van der Waals surface area contributed by atoms with Gasteiger partial charge in [0.1, 0.15) is 11.4 Å². The lowest BCUT2D eigenvalue weighted by Crippen LogP contribution is -2.43. The second kappa shape index (κ2) is 7.76. The number of carbonyl (C=O) groups is 1. The highest BCUT2D eigenvalue weighted by Gasteiger charge is 2.19. The van der Waals surface area contributed by atoms with Gasteiger partial charge in [-0.1, -0.05) is 6.07 Å². The van der Waals surface area contributed by atoms with Gasteiger partial charge in [0.2, 0.25) is 0 Å². The molecule has 0 radical (unpaired) electrons. The van der Waals surface area contributed by atoms with Crippen LogP contribution in [-0.2, 0) is 0 Å². The normalized spacial score (nSPS) is 13.4. The number of benzene rings is 1. The maximum absolute atomic E-state index is 12.1. The summed E-state index contributed by atoms with van der Waals surface area (Å²) in [6.07, 6.45) is 4.40. The van der Waals surface area contributed by atoms with E-state index in [9.17, 15) is 9.90 Å². The lowest BCUT2D eigenvalue weighted by molar-refractivity contribution is 0.0827. The Balaban J connectivity index is 1.56. The molecule has 0 saturated heterocycles. The fourth-order valence-corrected chi connectivity index (χ4v) is 2.51. The molecule has 3 aromatic rings. The van der Waals surface area contributed by atoms with E-state index in [2.05, 4.69) is 20.3 Å². The molecule has 3 N–H and O–H groups in total. The summed E-state index contributed by atoms with van der Waals surface area (Å²) in [7, 11) is 0. The monoisotopic (exact) mass is 340 g/mol. The minimum absolute atomic E-state index is 0.305. The number of H-pyrrole nitrogens is 1. The molecular weight excluding hydrogens is 320 g/mol. The second-order valence-corrected chi connectivity index (χ2v) is 5.78. The van der Waals surface area contributed by atoms with E-state index in [0.717, 1.165) is 16.7 Å². The first-order chi connectivity index (χ1) is 12.1. The minimum Gasteiger partial charge on any atom is -0.493 e. The van der Waals surface area contributed by atoms with Crippen LogP contribution in [-0.4, -0.2) is 44.7 Å². The number of rotatable bonds is 7. The molecule has 0 unspecified atom stereocenters. The number of hydrogen-bond donors (Lipinski definition) is 3. The molecule has 3 rings (SSSR count). The van der Waals surface area contributed by atoms with Crippen LogP contribution < -0.4 is 10.1 Å². The third-order valence-electron chi connectivity index (χ3n) is 3.91. The molecular formula is C18H20N4O3. The Morgan fingerprint density at radius 3 is 3.04 bits per heavy atom. The summed E-state index contributed by atoms with van der Waals surface area (Å²) in [6, 6.07) is 9.10. The average molecular weight is 340 g/mol. The van der Waals surface area contributed by atoms with Crippen molar-refractivity contribution in [2.75, 3.05) is 6.61 Å². The summed E-state index contributed by atoms with van der Waals surface area (Å²) < 4.78 is 5.76. The molecule has 7 heteroatoms. The van der Waals surface area contributed by atoms with Crippen LogP contribution in [0.3, 0.4) is 0 Å². The molecule has 0 aliphatic heterocycles. The zero-order chi connectivity index (χ0) is 17.6. The average Bonchev–Trinajstić information content (AvgIpc) is 3.15. The zero-order valence-corrected chi connectivity index (χ0v) is 13.8.